The molecule has 136 valence electrons. The van der Waals surface area contributed by atoms with E-state index in [1.807, 2.05) is 49.4 Å². The van der Waals surface area contributed by atoms with Crippen LogP contribution in [-0.4, -0.2) is 37.7 Å². The molecular formula is C19H18N6O2. The van der Waals surface area contributed by atoms with Crippen molar-refractivity contribution in [2.45, 2.75) is 25.8 Å². The van der Waals surface area contributed by atoms with Crippen LogP contribution in [0, 0.1) is 6.92 Å². The van der Waals surface area contributed by atoms with Gasteiger partial charge in [0.1, 0.15) is 11.9 Å². The van der Waals surface area contributed by atoms with Crippen molar-refractivity contribution in [2.24, 2.45) is 0 Å². The summed E-state index contributed by atoms with van der Waals surface area (Å²) in [4.78, 5) is 32.1. The molecule has 8 nitrogen and oxygen atoms in total. The van der Waals surface area contributed by atoms with E-state index in [-0.39, 0.29) is 5.91 Å². The van der Waals surface area contributed by atoms with Crippen LogP contribution < -0.4 is 10.6 Å². The molecule has 1 atom stereocenters. The lowest BCUT2D eigenvalue weighted by molar-refractivity contribution is -0.120. The van der Waals surface area contributed by atoms with Crippen molar-refractivity contribution >= 4 is 11.9 Å². The van der Waals surface area contributed by atoms with Crippen LogP contribution in [0.5, 0.6) is 0 Å². The van der Waals surface area contributed by atoms with E-state index >= 15 is 0 Å². The fraction of sp³-hybridized carbons (Fsp3) is 0.211. The molecule has 1 aliphatic rings. The van der Waals surface area contributed by atoms with Gasteiger partial charge in [0.25, 0.3) is 5.91 Å². The molecule has 3 aromatic rings. The Morgan fingerprint density at radius 3 is 2.67 bits per heavy atom. The van der Waals surface area contributed by atoms with Gasteiger partial charge in [-0.25, -0.2) is 14.8 Å². The van der Waals surface area contributed by atoms with Gasteiger partial charge in [-0.15, -0.1) is 5.10 Å². The van der Waals surface area contributed by atoms with Gasteiger partial charge in [0, 0.05) is 18.2 Å². The van der Waals surface area contributed by atoms with Gasteiger partial charge in [0.15, 0.2) is 11.6 Å². The van der Waals surface area contributed by atoms with Crippen LogP contribution in [0.4, 0.5) is 4.79 Å². The van der Waals surface area contributed by atoms with E-state index in [1.54, 1.807) is 10.9 Å². The van der Waals surface area contributed by atoms with Crippen molar-refractivity contribution < 1.29 is 9.59 Å². The van der Waals surface area contributed by atoms with E-state index in [2.05, 4.69) is 25.7 Å². The zero-order valence-electron chi connectivity index (χ0n) is 14.7. The van der Waals surface area contributed by atoms with Gasteiger partial charge in [-0.2, -0.15) is 4.68 Å². The monoisotopic (exact) mass is 362 g/mol. The Kier molecular flexibility index (Phi) is 4.37. The summed E-state index contributed by atoms with van der Waals surface area (Å²) in [6, 6.07) is 12.5. The first kappa shape index (κ1) is 16.9. The minimum absolute atomic E-state index is 0.317. The summed E-state index contributed by atoms with van der Waals surface area (Å²) in [5.41, 5.74) is 1.96. The number of hydrogen-bond acceptors (Lipinski definition) is 5. The van der Waals surface area contributed by atoms with Gasteiger partial charge < -0.3 is 5.32 Å². The smallest absolute Gasteiger partial charge is 0.322 e. The second kappa shape index (κ2) is 6.99. The first-order valence-corrected chi connectivity index (χ1v) is 8.66. The van der Waals surface area contributed by atoms with Crippen molar-refractivity contribution in [1.29, 1.82) is 0 Å². The molecule has 0 spiro atoms. The molecule has 8 heteroatoms. The van der Waals surface area contributed by atoms with Crippen LogP contribution in [0.3, 0.4) is 0 Å². The number of carbonyl (C=O) groups is 2. The number of urea groups is 1. The number of carbonyl (C=O) groups excluding carboxylic acids is 2. The Morgan fingerprint density at radius 2 is 1.96 bits per heavy atom. The molecule has 4 rings (SSSR count). The maximum Gasteiger partial charge on any atom is 0.322 e. The van der Waals surface area contributed by atoms with Gasteiger partial charge in [-0.1, -0.05) is 30.3 Å². The predicted molar refractivity (Wildman–Crippen MR) is 98.1 cm³/mol. The first-order valence-electron chi connectivity index (χ1n) is 8.66. The number of nitrogens with one attached hydrogen (secondary N) is 2. The number of nitrogens with zero attached hydrogens (tertiary/aromatic N) is 4. The minimum Gasteiger partial charge on any atom is -0.326 e. The highest BCUT2D eigenvalue weighted by Gasteiger charge is 2.29. The zero-order valence-corrected chi connectivity index (χ0v) is 14.7. The molecule has 1 fully saturated rings. The number of rotatable bonds is 5. The summed E-state index contributed by atoms with van der Waals surface area (Å²) in [5.74, 6) is 1.62. The largest absolute Gasteiger partial charge is 0.326 e. The Bertz CT molecular complexity index is 998. The second-order valence-electron chi connectivity index (χ2n) is 6.37. The standard InChI is InChI=1S/C19H18N6O2/c1-12-9-10-20-16(11-12)25-15(8-7-14-18(26)23-19(27)21-14)22-17(24-25)13-5-3-2-4-6-13/h2-6,9-11,14H,7-8H2,1H3,(H2,21,23,26,27)/t14-/m1/s1. The SMILES string of the molecule is Cc1ccnc(-n2nc(-c3ccccc3)nc2CC[C@H]2NC(=O)NC2=O)c1. The van der Waals surface area contributed by atoms with Crippen LogP contribution in [-0.2, 0) is 11.2 Å². The summed E-state index contributed by atoms with van der Waals surface area (Å²) >= 11 is 0. The average molecular weight is 362 g/mol. The first-order chi connectivity index (χ1) is 13.1. The quantitative estimate of drug-likeness (QED) is 0.674. The van der Waals surface area contributed by atoms with E-state index in [0.717, 1.165) is 11.1 Å². The summed E-state index contributed by atoms with van der Waals surface area (Å²) in [6.45, 7) is 1.98. The molecule has 0 radical (unpaired) electrons. The molecule has 27 heavy (non-hydrogen) atoms. The van der Waals surface area contributed by atoms with E-state index in [1.165, 1.54) is 0 Å². The maximum atomic E-state index is 11.8. The summed E-state index contributed by atoms with van der Waals surface area (Å²) < 4.78 is 1.70. The number of hydrogen-bond donors (Lipinski definition) is 2. The second-order valence-corrected chi connectivity index (χ2v) is 6.37. The van der Waals surface area contributed by atoms with Crippen molar-refractivity contribution in [3.8, 4) is 17.2 Å². The summed E-state index contributed by atoms with van der Waals surface area (Å²) in [6.07, 6.45) is 2.62. The third-order valence-corrected chi connectivity index (χ3v) is 4.34. The van der Waals surface area contributed by atoms with Crippen LogP contribution in [0.1, 0.15) is 17.8 Å². The van der Waals surface area contributed by atoms with E-state index < -0.39 is 12.1 Å². The number of amides is 3. The van der Waals surface area contributed by atoms with Crippen LogP contribution in [0.25, 0.3) is 17.2 Å². The lowest BCUT2D eigenvalue weighted by Crippen LogP contribution is -2.29. The summed E-state index contributed by atoms with van der Waals surface area (Å²) in [5, 5.41) is 9.48. The molecule has 0 unspecified atom stereocenters. The van der Waals surface area contributed by atoms with Gasteiger partial charge in [-0.3, -0.25) is 10.1 Å². The fourth-order valence-corrected chi connectivity index (χ4v) is 2.97. The van der Waals surface area contributed by atoms with Gasteiger partial charge in [-0.05, 0) is 31.0 Å². The van der Waals surface area contributed by atoms with E-state index in [9.17, 15) is 9.59 Å². The number of pyridine rings is 1. The highest BCUT2D eigenvalue weighted by atomic mass is 16.2. The Balaban J connectivity index is 1.67. The highest BCUT2D eigenvalue weighted by Crippen LogP contribution is 2.19. The Hall–Kier alpha value is -3.55. The lowest BCUT2D eigenvalue weighted by atomic mass is 10.1. The van der Waals surface area contributed by atoms with E-state index in [4.69, 9.17) is 0 Å². The molecular weight excluding hydrogens is 344 g/mol. The molecule has 1 saturated heterocycles. The molecule has 2 N–H and O–H groups in total. The summed E-state index contributed by atoms with van der Waals surface area (Å²) in [7, 11) is 0. The Morgan fingerprint density at radius 1 is 1.15 bits per heavy atom. The van der Waals surface area contributed by atoms with Gasteiger partial charge >= 0.3 is 6.03 Å². The van der Waals surface area contributed by atoms with Crippen LogP contribution >= 0.6 is 0 Å². The van der Waals surface area contributed by atoms with Crippen molar-refractivity contribution in [2.75, 3.05) is 0 Å². The normalized spacial score (nSPS) is 16.3. The maximum absolute atomic E-state index is 11.8. The third kappa shape index (κ3) is 3.55. The molecule has 1 aliphatic heterocycles. The minimum atomic E-state index is -0.562. The number of benzene rings is 1. The van der Waals surface area contributed by atoms with Gasteiger partial charge in [0.2, 0.25) is 0 Å². The number of imide groups is 1. The number of aromatic nitrogens is 4. The molecule has 0 aliphatic carbocycles. The van der Waals surface area contributed by atoms with Crippen LogP contribution in [0.15, 0.2) is 48.7 Å². The highest BCUT2D eigenvalue weighted by molar-refractivity contribution is 6.04. The molecule has 0 saturated carbocycles. The van der Waals surface area contributed by atoms with Crippen LogP contribution in [0.2, 0.25) is 0 Å². The lowest BCUT2D eigenvalue weighted by Gasteiger charge is -2.08. The third-order valence-electron chi connectivity index (χ3n) is 4.34. The molecule has 2 aromatic heterocycles. The van der Waals surface area contributed by atoms with Gasteiger partial charge in [0.05, 0.1) is 0 Å². The molecule has 3 heterocycles. The number of aryl methyl sites for hydroxylation is 2. The van der Waals surface area contributed by atoms with Crippen molar-refractivity contribution in [3.05, 3.63) is 60.0 Å². The topological polar surface area (TPSA) is 102 Å². The predicted octanol–water partition coefficient (Wildman–Crippen LogP) is 1.78. The van der Waals surface area contributed by atoms with Crippen molar-refractivity contribution in [3.63, 3.8) is 0 Å². The molecule has 0 bridgehead atoms. The van der Waals surface area contributed by atoms with Crippen molar-refractivity contribution in [1.82, 2.24) is 30.4 Å². The average Bonchev–Trinajstić information content (AvgIpc) is 3.23. The molecule has 3 amide bonds. The Labute approximate surface area is 155 Å². The van der Waals surface area contributed by atoms with E-state index in [0.29, 0.717) is 30.3 Å². The molecule has 1 aromatic carbocycles. The zero-order chi connectivity index (χ0) is 18.8. The fourth-order valence-electron chi connectivity index (χ4n) is 2.97.